The molecule has 1 aliphatic carbocycles. The lowest BCUT2D eigenvalue weighted by molar-refractivity contribution is 0.287. The van der Waals surface area contributed by atoms with Gasteiger partial charge in [0.2, 0.25) is 11.6 Å². The fourth-order valence-electron chi connectivity index (χ4n) is 4.62. The van der Waals surface area contributed by atoms with Crippen molar-refractivity contribution in [1.82, 2.24) is 0 Å². The third-order valence-electron chi connectivity index (χ3n) is 6.49. The van der Waals surface area contributed by atoms with Crippen LogP contribution in [0.3, 0.4) is 0 Å². The zero-order valence-corrected chi connectivity index (χ0v) is 19.1. The summed E-state index contributed by atoms with van der Waals surface area (Å²) in [5.41, 5.74) is 0.694. The largest absolute Gasteiger partial charge is 0.505 e. The van der Waals surface area contributed by atoms with Crippen LogP contribution < -0.4 is 9.47 Å². The van der Waals surface area contributed by atoms with Crippen molar-refractivity contribution in [2.45, 2.75) is 51.0 Å². The predicted octanol–water partition coefficient (Wildman–Crippen LogP) is 7.51. The van der Waals surface area contributed by atoms with E-state index in [9.17, 15) is 27.1 Å². The Hall–Kier alpha value is -3.29. The second-order valence-corrected chi connectivity index (χ2v) is 8.61. The van der Waals surface area contributed by atoms with Gasteiger partial charge in [-0.2, -0.15) is 8.78 Å². The highest BCUT2D eigenvalue weighted by Crippen LogP contribution is 2.43. The first-order chi connectivity index (χ1) is 16.8. The molecule has 1 saturated carbocycles. The first-order valence-corrected chi connectivity index (χ1v) is 11.5. The first-order valence-electron chi connectivity index (χ1n) is 11.5. The average Bonchev–Trinajstić information content (AvgIpc) is 2.85. The summed E-state index contributed by atoms with van der Waals surface area (Å²) in [7, 11) is 0. The van der Waals surface area contributed by atoms with Crippen LogP contribution in [0.5, 0.6) is 17.2 Å². The van der Waals surface area contributed by atoms with Gasteiger partial charge in [0.25, 0.3) is 0 Å². The van der Waals surface area contributed by atoms with Crippen LogP contribution in [-0.2, 0) is 6.61 Å². The SMILES string of the molecule is CCOc1ccc(COc2ccc(C3CCC(c4ccc(O)c(F)c4F)CC3)c(F)c2)c(F)c1F. The number of aromatic hydroxyl groups is 1. The summed E-state index contributed by atoms with van der Waals surface area (Å²) >= 11 is 0. The normalized spacial score (nSPS) is 17.9. The molecule has 35 heavy (non-hydrogen) atoms. The predicted molar refractivity (Wildman–Crippen MR) is 120 cm³/mol. The van der Waals surface area contributed by atoms with Crippen molar-refractivity contribution >= 4 is 0 Å². The van der Waals surface area contributed by atoms with E-state index in [2.05, 4.69) is 0 Å². The molecule has 0 heterocycles. The maximum Gasteiger partial charge on any atom is 0.201 e. The Balaban J connectivity index is 1.39. The maximum absolute atomic E-state index is 14.9. The zero-order chi connectivity index (χ0) is 25.1. The fourth-order valence-corrected chi connectivity index (χ4v) is 4.62. The molecule has 186 valence electrons. The van der Waals surface area contributed by atoms with Crippen molar-refractivity contribution in [2.75, 3.05) is 6.61 Å². The molecule has 0 atom stereocenters. The summed E-state index contributed by atoms with van der Waals surface area (Å²) in [5.74, 6) is -5.98. The molecular weight excluding hydrogens is 467 g/mol. The second-order valence-electron chi connectivity index (χ2n) is 8.61. The summed E-state index contributed by atoms with van der Waals surface area (Å²) in [5, 5.41) is 9.32. The van der Waals surface area contributed by atoms with Gasteiger partial charge in [0.15, 0.2) is 23.1 Å². The highest BCUT2D eigenvalue weighted by atomic mass is 19.2. The van der Waals surface area contributed by atoms with Gasteiger partial charge in [-0.1, -0.05) is 12.1 Å². The van der Waals surface area contributed by atoms with Crippen LogP contribution in [0.4, 0.5) is 22.0 Å². The zero-order valence-electron chi connectivity index (χ0n) is 19.1. The van der Waals surface area contributed by atoms with E-state index in [0.717, 1.165) is 6.07 Å². The number of rotatable bonds is 7. The van der Waals surface area contributed by atoms with Crippen LogP contribution in [0, 0.1) is 29.1 Å². The number of phenols is 1. The molecule has 0 saturated heterocycles. The van der Waals surface area contributed by atoms with Crippen molar-refractivity contribution in [3.05, 3.63) is 88.2 Å². The van der Waals surface area contributed by atoms with E-state index >= 15 is 0 Å². The van der Waals surface area contributed by atoms with Crippen molar-refractivity contribution in [3.63, 3.8) is 0 Å². The van der Waals surface area contributed by atoms with Crippen molar-refractivity contribution < 1.29 is 36.5 Å². The topological polar surface area (TPSA) is 38.7 Å². The van der Waals surface area contributed by atoms with E-state index in [-0.39, 0.29) is 47.7 Å². The summed E-state index contributed by atoms with van der Waals surface area (Å²) in [6.07, 6.45) is 2.26. The molecule has 0 bridgehead atoms. The van der Waals surface area contributed by atoms with Crippen molar-refractivity contribution in [2.24, 2.45) is 0 Å². The maximum atomic E-state index is 14.9. The molecule has 0 radical (unpaired) electrons. The van der Waals surface area contributed by atoms with Crippen LogP contribution in [0.25, 0.3) is 0 Å². The summed E-state index contributed by atoms with van der Waals surface area (Å²) < 4.78 is 81.5. The third-order valence-corrected chi connectivity index (χ3v) is 6.49. The average molecular weight is 492 g/mol. The Kier molecular flexibility index (Phi) is 7.48. The van der Waals surface area contributed by atoms with E-state index < -0.39 is 34.8 Å². The van der Waals surface area contributed by atoms with Gasteiger partial charge < -0.3 is 14.6 Å². The third kappa shape index (κ3) is 5.21. The molecule has 0 aromatic heterocycles. The van der Waals surface area contributed by atoms with Crippen molar-refractivity contribution in [1.29, 1.82) is 0 Å². The van der Waals surface area contributed by atoms with E-state index in [4.69, 9.17) is 9.47 Å². The molecule has 1 aliphatic rings. The van der Waals surface area contributed by atoms with Gasteiger partial charge in [0.05, 0.1) is 6.61 Å². The number of halogens is 5. The molecule has 0 unspecified atom stereocenters. The van der Waals surface area contributed by atoms with E-state index in [1.165, 1.54) is 24.3 Å². The summed E-state index contributed by atoms with van der Waals surface area (Å²) in [6, 6.07) is 9.60. The lowest BCUT2D eigenvalue weighted by atomic mass is 9.76. The van der Waals surface area contributed by atoms with Gasteiger partial charge in [-0.3, -0.25) is 0 Å². The Bertz CT molecular complexity index is 1210. The number of phenolic OH excluding ortho intramolecular Hbond substituents is 1. The van der Waals surface area contributed by atoms with E-state index in [0.29, 0.717) is 31.2 Å². The lowest BCUT2D eigenvalue weighted by Gasteiger charge is -2.29. The second kappa shape index (κ2) is 10.5. The van der Waals surface area contributed by atoms with Crippen molar-refractivity contribution in [3.8, 4) is 17.2 Å². The van der Waals surface area contributed by atoms with E-state index in [1.54, 1.807) is 19.1 Å². The van der Waals surface area contributed by atoms with Gasteiger partial charge in [-0.05, 0) is 79.8 Å². The first kappa shape index (κ1) is 24.8. The molecule has 3 aromatic carbocycles. The van der Waals surface area contributed by atoms with Crippen LogP contribution in [0.2, 0.25) is 0 Å². The Morgan fingerprint density at radius 2 is 1.40 bits per heavy atom. The fraction of sp³-hybridized carbons (Fsp3) is 0.333. The number of hydrogen-bond acceptors (Lipinski definition) is 3. The van der Waals surface area contributed by atoms with Crippen LogP contribution >= 0.6 is 0 Å². The minimum Gasteiger partial charge on any atom is -0.505 e. The minimum absolute atomic E-state index is 0.0216. The Morgan fingerprint density at radius 1 is 0.743 bits per heavy atom. The molecule has 1 N–H and O–H groups in total. The quantitative estimate of drug-likeness (QED) is 0.347. The molecule has 3 aromatic rings. The van der Waals surface area contributed by atoms with Gasteiger partial charge in [0, 0.05) is 11.6 Å². The smallest absolute Gasteiger partial charge is 0.201 e. The number of ether oxygens (including phenoxy) is 2. The number of hydrogen-bond donors (Lipinski definition) is 1. The van der Waals surface area contributed by atoms with Gasteiger partial charge in [-0.15, -0.1) is 0 Å². The molecule has 0 amide bonds. The molecule has 8 heteroatoms. The highest BCUT2D eigenvalue weighted by Gasteiger charge is 2.28. The molecule has 1 fully saturated rings. The highest BCUT2D eigenvalue weighted by molar-refractivity contribution is 5.35. The van der Waals surface area contributed by atoms with Gasteiger partial charge >= 0.3 is 0 Å². The van der Waals surface area contributed by atoms with E-state index in [1.807, 2.05) is 0 Å². The number of benzene rings is 3. The molecular formula is C27H25F5O3. The lowest BCUT2D eigenvalue weighted by Crippen LogP contribution is -2.14. The van der Waals surface area contributed by atoms with Gasteiger partial charge in [-0.25, -0.2) is 13.2 Å². The van der Waals surface area contributed by atoms with Crippen LogP contribution in [-0.4, -0.2) is 11.7 Å². The van der Waals surface area contributed by atoms with Crippen LogP contribution in [0.1, 0.15) is 61.1 Å². The molecule has 4 rings (SSSR count). The Labute approximate surface area is 200 Å². The van der Waals surface area contributed by atoms with Crippen LogP contribution in [0.15, 0.2) is 42.5 Å². The monoisotopic (exact) mass is 492 g/mol. The van der Waals surface area contributed by atoms with Gasteiger partial charge in [0.1, 0.15) is 18.2 Å². The standard InChI is InChI=1S/C27H25F5O3/c1-2-34-23-12-7-17(24(29)27(23)32)14-35-18-8-9-19(21(28)13-18)15-3-5-16(6-4-15)20-10-11-22(33)26(31)25(20)30/h7-13,15-16,33H,2-6,14H2,1H3. The molecule has 0 aliphatic heterocycles. The Morgan fingerprint density at radius 3 is 2.06 bits per heavy atom. The molecule has 3 nitrogen and oxygen atoms in total. The summed E-state index contributed by atoms with van der Waals surface area (Å²) in [4.78, 5) is 0. The minimum atomic E-state index is -1.25. The molecule has 0 spiro atoms. The summed E-state index contributed by atoms with van der Waals surface area (Å²) in [6.45, 7) is 1.58.